The molecular weight excluding hydrogens is 239 g/mol. The number of hydrogen-bond donors (Lipinski definition) is 1. The molecule has 17 heavy (non-hydrogen) atoms. The summed E-state index contributed by atoms with van der Waals surface area (Å²) in [5, 5.41) is 0. The second-order valence-corrected chi connectivity index (χ2v) is 4.64. The van der Waals surface area contributed by atoms with Crippen LogP contribution in [0.4, 0.5) is 0 Å². The number of benzene rings is 1. The van der Waals surface area contributed by atoms with Gasteiger partial charge in [0.15, 0.2) is 0 Å². The van der Waals surface area contributed by atoms with Crippen LogP contribution in [0, 0.1) is 11.8 Å². The third-order valence-electron chi connectivity index (χ3n) is 1.82. The van der Waals surface area contributed by atoms with Crippen LogP contribution in [0.3, 0.4) is 0 Å². The maximum atomic E-state index is 11.6. The summed E-state index contributed by atoms with van der Waals surface area (Å²) < 4.78 is 21.3. The lowest BCUT2D eigenvalue weighted by Gasteiger charge is -2.13. The molecule has 0 aromatic heterocycles. The van der Waals surface area contributed by atoms with Crippen LogP contribution in [0.15, 0.2) is 24.3 Å². The zero-order valence-corrected chi connectivity index (χ0v) is 10.7. The van der Waals surface area contributed by atoms with E-state index in [4.69, 9.17) is 9.05 Å². The molecule has 0 amide bonds. The number of hydrogen-bond acceptors (Lipinski definition) is 3. The van der Waals surface area contributed by atoms with Crippen LogP contribution in [-0.2, 0) is 9.09 Å². The van der Waals surface area contributed by atoms with Crippen LogP contribution < -0.4 is 4.52 Å². The van der Waals surface area contributed by atoms with Gasteiger partial charge < -0.3 is 4.52 Å². The fourth-order valence-corrected chi connectivity index (χ4v) is 2.02. The summed E-state index contributed by atoms with van der Waals surface area (Å²) in [7, 11) is -4.05. The number of phosphoric ester groups is 1. The normalized spacial score (nSPS) is 13.4. The van der Waals surface area contributed by atoms with Crippen molar-refractivity contribution in [2.24, 2.45) is 0 Å². The minimum atomic E-state index is -4.05. The molecule has 5 heteroatoms. The number of para-hydroxylation sites is 1. The van der Waals surface area contributed by atoms with E-state index < -0.39 is 7.82 Å². The Bertz CT molecular complexity index is 473. The second-order valence-electron chi connectivity index (χ2n) is 3.26. The van der Waals surface area contributed by atoms with Crippen LogP contribution in [0.2, 0.25) is 0 Å². The van der Waals surface area contributed by atoms with Crippen LogP contribution in [0.5, 0.6) is 5.75 Å². The zero-order valence-electron chi connectivity index (χ0n) is 9.84. The van der Waals surface area contributed by atoms with Crippen LogP contribution in [0.25, 0.3) is 0 Å². The summed E-state index contributed by atoms with van der Waals surface area (Å²) in [4.78, 5) is 9.45. The summed E-state index contributed by atoms with van der Waals surface area (Å²) in [5.74, 6) is 5.76. The Balaban J connectivity index is 2.86. The van der Waals surface area contributed by atoms with E-state index in [1.807, 2.05) is 6.92 Å². The molecule has 0 aliphatic heterocycles. The minimum absolute atomic E-state index is 0.176. The van der Waals surface area contributed by atoms with Gasteiger partial charge in [0.05, 0.1) is 12.2 Å². The van der Waals surface area contributed by atoms with Gasteiger partial charge in [0.2, 0.25) is 0 Å². The lowest BCUT2D eigenvalue weighted by atomic mass is 10.2. The van der Waals surface area contributed by atoms with Crippen molar-refractivity contribution >= 4 is 7.82 Å². The molecule has 0 bridgehead atoms. The standard InChI is InChI=1S/C12H15O4P/c1-3-7-11-8-5-6-9-12(11)16-17(13,14)15-10-4-2/h5-6,8-9H,4,10H2,1-2H3,(H,13,14). The van der Waals surface area contributed by atoms with Gasteiger partial charge in [0.1, 0.15) is 5.75 Å². The highest BCUT2D eigenvalue weighted by atomic mass is 31.2. The van der Waals surface area contributed by atoms with E-state index in [0.29, 0.717) is 12.0 Å². The van der Waals surface area contributed by atoms with Gasteiger partial charge in [-0.1, -0.05) is 25.0 Å². The van der Waals surface area contributed by atoms with E-state index >= 15 is 0 Å². The highest BCUT2D eigenvalue weighted by Crippen LogP contribution is 2.44. The topological polar surface area (TPSA) is 55.8 Å². The van der Waals surface area contributed by atoms with E-state index in [0.717, 1.165) is 0 Å². The Morgan fingerprint density at radius 2 is 2.12 bits per heavy atom. The molecule has 1 unspecified atom stereocenters. The van der Waals surface area contributed by atoms with Gasteiger partial charge in [-0.05, 0) is 25.5 Å². The largest absolute Gasteiger partial charge is 0.527 e. The SMILES string of the molecule is CC#Cc1ccccc1OP(=O)(O)OCCC. The van der Waals surface area contributed by atoms with Crippen LogP contribution >= 0.6 is 7.82 Å². The fraction of sp³-hybridized carbons (Fsp3) is 0.333. The molecular formula is C12H15O4P. The fourth-order valence-electron chi connectivity index (χ4n) is 1.14. The van der Waals surface area contributed by atoms with Gasteiger partial charge in [-0.25, -0.2) is 4.57 Å². The van der Waals surface area contributed by atoms with Crippen LogP contribution in [0.1, 0.15) is 25.8 Å². The Hall–Kier alpha value is -1.27. The molecule has 0 radical (unpaired) electrons. The molecule has 0 aliphatic rings. The molecule has 0 saturated carbocycles. The molecule has 0 fully saturated rings. The van der Waals surface area contributed by atoms with E-state index in [1.165, 1.54) is 0 Å². The molecule has 1 aromatic rings. The maximum Gasteiger partial charge on any atom is 0.527 e. The Labute approximate surface area is 101 Å². The van der Waals surface area contributed by atoms with Crippen molar-refractivity contribution in [3.63, 3.8) is 0 Å². The summed E-state index contributed by atoms with van der Waals surface area (Å²) in [5.41, 5.74) is 0.560. The van der Waals surface area contributed by atoms with Crippen molar-refractivity contribution in [1.29, 1.82) is 0 Å². The van der Waals surface area contributed by atoms with Gasteiger partial charge in [-0.2, -0.15) is 0 Å². The molecule has 0 aliphatic carbocycles. The van der Waals surface area contributed by atoms with Crippen molar-refractivity contribution < 1.29 is 18.5 Å². The van der Waals surface area contributed by atoms with Crippen molar-refractivity contribution in [3.8, 4) is 17.6 Å². The Kier molecular flexibility index (Phi) is 5.24. The molecule has 1 atom stereocenters. The quantitative estimate of drug-likeness (QED) is 0.648. The predicted molar refractivity (Wildman–Crippen MR) is 65.7 cm³/mol. The van der Waals surface area contributed by atoms with E-state index in [2.05, 4.69) is 11.8 Å². The van der Waals surface area contributed by atoms with Gasteiger partial charge in [0, 0.05) is 0 Å². The van der Waals surface area contributed by atoms with Gasteiger partial charge in [0.25, 0.3) is 0 Å². The molecule has 92 valence electrons. The first-order valence-corrected chi connectivity index (χ1v) is 6.77. The smallest absolute Gasteiger partial charge is 0.403 e. The van der Waals surface area contributed by atoms with Gasteiger partial charge in [-0.3, -0.25) is 9.42 Å². The predicted octanol–water partition coefficient (Wildman–Crippen LogP) is 2.96. The van der Waals surface area contributed by atoms with E-state index in [9.17, 15) is 9.46 Å². The molecule has 0 heterocycles. The average molecular weight is 254 g/mol. The van der Waals surface area contributed by atoms with E-state index in [1.54, 1.807) is 31.2 Å². The molecule has 0 spiro atoms. The molecule has 4 nitrogen and oxygen atoms in total. The third kappa shape index (κ3) is 4.62. The monoisotopic (exact) mass is 254 g/mol. The van der Waals surface area contributed by atoms with Crippen LogP contribution in [-0.4, -0.2) is 11.5 Å². The molecule has 0 saturated heterocycles. The summed E-state index contributed by atoms with van der Waals surface area (Å²) in [6.45, 7) is 3.70. The van der Waals surface area contributed by atoms with E-state index in [-0.39, 0.29) is 12.4 Å². The lowest BCUT2D eigenvalue weighted by molar-refractivity contribution is 0.203. The first kappa shape index (κ1) is 13.8. The third-order valence-corrected chi connectivity index (χ3v) is 2.76. The van der Waals surface area contributed by atoms with Crippen molar-refractivity contribution in [2.45, 2.75) is 20.3 Å². The zero-order chi connectivity index (χ0) is 12.7. The number of phosphoric acid groups is 1. The summed E-state index contributed by atoms with van der Waals surface area (Å²) in [6.07, 6.45) is 0.643. The van der Waals surface area contributed by atoms with Crippen molar-refractivity contribution in [3.05, 3.63) is 29.8 Å². The molecule has 1 aromatic carbocycles. The molecule has 1 N–H and O–H groups in total. The molecule has 1 rings (SSSR count). The van der Waals surface area contributed by atoms with Gasteiger partial charge in [-0.15, -0.1) is 5.92 Å². The highest BCUT2D eigenvalue weighted by Gasteiger charge is 2.23. The number of rotatable bonds is 5. The maximum absolute atomic E-state index is 11.6. The highest BCUT2D eigenvalue weighted by molar-refractivity contribution is 7.47. The first-order chi connectivity index (χ1) is 8.09. The Morgan fingerprint density at radius 1 is 1.41 bits per heavy atom. The minimum Gasteiger partial charge on any atom is -0.403 e. The lowest BCUT2D eigenvalue weighted by Crippen LogP contribution is -1.99. The summed E-state index contributed by atoms with van der Waals surface area (Å²) >= 11 is 0. The average Bonchev–Trinajstić information content (AvgIpc) is 2.29. The Morgan fingerprint density at radius 3 is 2.76 bits per heavy atom. The van der Waals surface area contributed by atoms with Crippen molar-refractivity contribution in [1.82, 2.24) is 0 Å². The van der Waals surface area contributed by atoms with Crippen molar-refractivity contribution in [2.75, 3.05) is 6.61 Å². The van der Waals surface area contributed by atoms with Gasteiger partial charge >= 0.3 is 7.82 Å². The summed E-state index contributed by atoms with van der Waals surface area (Å²) in [6, 6.07) is 6.78. The second kappa shape index (κ2) is 6.46. The first-order valence-electron chi connectivity index (χ1n) is 5.27.